The van der Waals surface area contributed by atoms with Crippen LogP contribution in [0.5, 0.6) is 5.75 Å². The summed E-state index contributed by atoms with van der Waals surface area (Å²) in [5.74, 6) is -2.67. The van der Waals surface area contributed by atoms with E-state index in [1.807, 2.05) is 36.4 Å². The Balaban J connectivity index is 1.28. The summed E-state index contributed by atoms with van der Waals surface area (Å²) in [5.41, 5.74) is 23.6. The molecule has 0 spiro atoms. The molecule has 0 radical (unpaired) electrons. The Morgan fingerprint density at radius 1 is 0.681 bits per heavy atom. The van der Waals surface area contributed by atoms with Gasteiger partial charge < -0.3 is 37.6 Å². The number of nitrogen functional groups attached to an aromatic ring is 2. The third kappa shape index (κ3) is 7.44. The van der Waals surface area contributed by atoms with Crippen LogP contribution < -0.4 is 22.3 Å². The van der Waals surface area contributed by atoms with Crippen molar-refractivity contribution in [2.24, 2.45) is 20.5 Å². The number of carboxylic acids is 2. The third-order valence-corrected chi connectivity index (χ3v) is 7.27. The molecule has 0 aliphatic carbocycles. The summed E-state index contributed by atoms with van der Waals surface area (Å²) < 4.78 is 0. The first-order valence-corrected chi connectivity index (χ1v) is 14.2. The van der Waals surface area contributed by atoms with Crippen molar-refractivity contribution in [2.45, 2.75) is 6.92 Å². The first-order valence-electron chi connectivity index (χ1n) is 13.8. The van der Waals surface area contributed by atoms with Crippen molar-refractivity contribution < 1.29 is 24.9 Å². The van der Waals surface area contributed by atoms with E-state index in [0.29, 0.717) is 22.6 Å². The van der Waals surface area contributed by atoms with Crippen LogP contribution in [0.1, 0.15) is 26.3 Å². The van der Waals surface area contributed by atoms with Crippen LogP contribution in [0.2, 0.25) is 5.02 Å². The van der Waals surface area contributed by atoms with Gasteiger partial charge in [0.05, 0.1) is 39.0 Å². The molecular weight excluding hydrogens is 624 g/mol. The zero-order valence-corrected chi connectivity index (χ0v) is 25.4. The maximum Gasteiger partial charge on any atom is 0.339 e. The van der Waals surface area contributed by atoms with E-state index in [1.54, 1.807) is 31.2 Å². The number of aromatic hydroxyl groups is 1. The van der Waals surface area contributed by atoms with Gasteiger partial charge in [-0.1, -0.05) is 35.9 Å². The Labute approximate surface area is 272 Å². The predicted octanol–water partition coefficient (Wildman–Crippen LogP) is 8.85. The van der Waals surface area contributed by atoms with Crippen LogP contribution in [0.3, 0.4) is 0 Å². The van der Waals surface area contributed by atoms with Crippen LogP contribution in [0.15, 0.2) is 111 Å². The van der Waals surface area contributed by atoms with Crippen molar-refractivity contribution >= 4 is 69.0 Å². The number of hydrogen-bond donors (Lipinski definition) is 7. The van der Waals surface area contributed by atoms with Gasteiger partial charge in [-0.2, -0.15) is 5.11 Å². The fourth-order valence-electron chi connectivity index (χ4n) is 4.34. The molecule has 5 aromatic rings. The van der Waals surface area contributed by atoms with Gasteiger partial charge in [0.15, 0.2) is 0 Å². The van der Waals surface area contributed by atoms with Gasteiger partial charge in [0.1, 0.15) is 28.4 Å². The van der Waals surface area contributed by atoms with Gasteiger partial charge in [0, 0.05) is 0 Å². The molecule has 5 aromatic carbocycles. The number of hydrazine groups is 1. The second-order valence-corrected chi connectivity index (χ2v) is 10.6. The van der Waals surface area contributed by atoms with Gasteiger partial charge in [-0.3, -0.25) is 0 Å². The topological polar surface area (TPSA) is 220 Å². The van der Waals surface area contributed by atoms with E-state index >= 15 is 0 Å². The Morgan fingerprint density at radius 3 is 1.96 bits per heavy atom. The van der Waals surface area contributed by atoms with E-state index < -0.39 is 11.9 Å². The zero-order chi connectivity index (χ0) is 33.7. The van der Waals surface area contributed by atoms with Crippen molar-refractivity contribution in [3.8, 4) is 16.9 Å². The van der Waals surface area contributed by atoms with Gasteiger partial charge in [-0.25, -0.2) is 9.59 Å². The molecule has 0 aliphatic heterocycles. The van der Waals surface area contributed by atoms with Crippen molar-refractivity contribution in [3.05, 3.63) is 113 Å². The molecule has 47 heavy (non-hydrogen) atoms. The second-order valence-electron chi connectivity index (χ2n) is 10.2. The van der Waals surface area contributed by atoms with Gasteiger partial charge in [-0.05, 0) is 90.3 Å². The molecule has 14 heteroatoms. The average molecular weight is 651 g/mol. The van der Waals surface area contributed by atoms with Crippen molar-refractivity contribution in [1.29, 1.82) is 0 Å². The van der Waals surface area contributed by atoms with Gasteiger partial charge in [-0.15, -0.1) is 15.3 Å². The number of carboxylic acid groups (broad SMARTS) is 2. The summed E-state index contributed by atoms with van der Waals surface area (Å²) in [4.78, 5) is 22.6. The molecule has 0 unspecified atom stereocenters. The minimum Gasteiger partial charge on any atom is -0.507 e. The Kier molecular flexibility index (Phi) is 9.29. The van der Waals surface area contributed by atoms with E-state index in [4.69, 9.17) is 23.1 Å². The molecule has 0 aliphatic rings. The van der Waals surface area contributed by atoms with Crippen molar-refractivity contribution in [3.63, 3.8) is 0 Å². The molecule has 13 nitrogen and oxygen atoms in total. The number of halogens is 1. The number of nitrogens with one attached hydrogen (secondary N) is 2. The predicted molar refractivity (Wildman–Crippen MR) is 181 cm³/mol. The standard InChI is InChI=1S/C33H27ClN8O5/c1-17-14-27(30(36)31(29(17)35)42-40-26-15-20(32(44)45)6-12-25(26)34)41-38-22-9-4-19(5-10-22)18-2-7-21(8-3-18)37-39-23-11-13-28(43)24(16-23)33(46)47/h2-16,37,39,43H,35-36H2,1H3,(H,44,45)(H,46,47)/b41-38+,42-40+. The largest absolute Gasteiger partial charge is 0.507 e. The highest BCUT2D eigenvalue weighted by Crippen LogP contribution is 2.42. The summed E-state index contributed by atoms with van der Waals surface area (Å²) >= 11 is 6.16. The lowest BCUT2D eigenvalue weighted by Crippen LogP contribution is -2.09. The van der Waals surface area contributed by atoms with Gasteiger partial charge >= 0.3 is 11.9 Å². The highest BCUT2D eigenvalue weighted by atomic mass is 35.5. The van der Waals surface area contributed by atoms with E-state index in [2.05, 4.69) is 31.3 Å². The lowest BCUT2D eigenvalue weighted by molar-refractivity contribution is 0.0684. The quantitative estimate of drug-likeness (QED) is 0.0331. The molecular formula is C33H27ClN8O5. The number of carbonyl (C=O) groups is 2. The summed E-state index contributed by atoms with van der Waals surface area (Å²) in [5, 5.41) is 45.2. The van der Waals surface area contributed by atoms with Crippen LogP contribution in [-0.2, 0) is 0 Å². The molecule has 0 amide bonds. The van der Waals surface area contributed by atoms with Crippen molar-refractivity contribution in [1.82, 2.24) is 0 Å². The minimum atomic E-state index is -1.23. The highest BCUT2D eigenvalue weighted by Gasteiger charge is 2.14. The molecule has 0 saturated heterocycles. The van der Waals surface area contributed by atoms with Crippen LogP contribution in [0.25, 0.3) is 11.1 Å². The zero-order valence-electron chi connectivity index (χ0n) is 24.6. The SMILES string of the molecule is Cc1cc(/N=N/c2ccc(-c3ccc(NNc4ccc(O)c(C(=O)O)c4)cc3)cc2)c(N)c(/N=N/c2cc(C(=O)O)ccc2Cl)c1N. The molecule has 9 N–H and O–H groups in total. The lowest BCUT2D eigenvalue weighted by Gasteiger charge is -2.11. The Morgan fingerprint density at radius 2 is 1.30 bits per heavy atom. The second kappa shape index (κ2) is 13.7. The highest BCUT2D eigenvalue weighted by molar-refractivity contribution is 6.33. The summed E-state index contributed by atoms with van der Waals surface area (Å²) in [6.45, 7) is 1.76. The molecule has 0 saturated carbocycles. The number of phenols is 1. The third-order valence-electron chi connectivity index (χ3n) is 6.95. The first kappa shape index (κ1) is 31.9. The average Bonchev–Trinajstić information content (AvgIpc) is 3.06. The normalized spacial score (nSPS) is 11.2. The molecule has 5 rings (SSSR count). The van der Waals surface area contributed by atoms with E-state index in [0.717, 1.165) is 16.8 Å². The number of rotatable bonds is 10. The van der Waals surface area contributed by atoms with Crippen LogP contribution >= 0.6 is 11.6 Å². The number of aryl methyl sites for hydroxylation is 1. The maximum atomic E-state index is 11.3. The molecule has 0 aromatic heterocycles. The van der Waals surface area contributed by atoms with E-state index in [9.17, 15) is 24.9 Å². The number of aromatic carboxylic acids is 2. The first-order chi connectivity index (χ1) is 22.5. The molecule has 0 fully saturated rings. The van der Waals surface area contributed by atoms with Crippen molar-refractivity contribution in [2.75, 3.05) is 22.3 Å². The van der Waals surface area contributed by atoms with Crippen LogP contribution in [0, 0.1) is 6.92 Å². The smallest absolute Gasteiger partial charge is 0.339 e. The number of anilines is 4. The fourth-order valence-corrected chi connectivity index (χ4v) is 4.49. The molecule has 0 bridgehead atoms. The fraction of sp³-hybridized carbons (Fsp3) is 0.0303. The number of nitrogens with zero attached hydrogens (tertiary/aromatic N) is 4. The summed E-state index contributed by atoms with van der Waals surface area (Å²) in [6, 6.07) is 24.9. The summed E-state index contributed by atoms with van der Waals surface area (Å²) in [7, 11) is 0. The molecule has 0 atom stereocenters. The number of benzene rings is 5. The number of azo groups is 2. The number of nitrogens with two attached hydrogens (primary N) is 2. The molecule has 236 valence electrons. The maximum absolute atomic E-state index is 11.3. The molecule has 0 heterocycles. The Hall–Kier alpha value is -6.47. The van der Waals surface area contributed by atoms with Crippen LogP contribution in [0.4, 0.5) is 45.5 Å². The lowest BCUT2D eigenvalue weighted by atomic mass is 10.1. The minimum absolute atomic E-state index is 0.00122. The van der Waals surface area contributed by atoms with Gasteiger partial charge in [0.25, 0.3) is 0 Å². The summed E-state index contributed by atoms with van der Waals surface area (Å²) in [6.07, 6.45) is 0. The van der Waals surface area contributed by atoms with Gasteiger partial charge in [0.2, 0.25) is 0 Å². The van der Waals surface area contributed by atoms with E-state index in [-0.39, 0.29) is 44.6 Å². The van der Waals surface area contributed by atoms with E-state index in [1.165, 1.54) is 30.3 Å². The monoisotopic (exact) mass is 650 g/mol. The Bertz CT molecular complexity index is 2050. The van der Waals surface area contributed by atoms with Crippen LogP contribution in [-0.4, -0.2) is 27.3 Å². The number of hydrogen-bond acceptors (Lipinski definition) is 11.